The Morgan fingerprint density at radius 2 is 2.32 bits per heavy atom. The zero-order valence-corrected chi connectivity index (χ0v) is 9.79. The highest BCUT2D eigenvalue weighted by atomic mass is 19.1. The molecule has 1 heterocycles. The van der Waals surface area contributed by atoms with Crippen LogP contribution in [0.3, 0.4) is 0 Å². The van der Waals surface area contributed by atoms with Gasteiger partial charge in [0.25, 0.3) is 5.82 Å². The molecule has 0 atom stereocenters. The first-order chi connectivity index (χ1) is 9.06. The number of nitrogen functional groups attached to an aromatic ring is 1. The molecule has 2 rings (SSSR count). The molecule has 19 heavy (non-hydrogen) atoms. The Bertz CT molecular complexity index is 689. The maximum absolute atomic E-state index is 13.8. The minimum absolute atomic E-state index is 0.00732. The lowest BCUT2D eigenvalue weighted by molar-refractivity contribution is 0.0602. The van der Waals surface area contributed by atoms with E-state index in [0.717, 1.165) is 17.1 Å². The Balaban J connectivity index is 2.57. The minimum Gasteiger partial charge on any atom is -0.465 e. The summed E-state index contributed by atoms with van der Waals surface area (Å²) in [6.45, 7) is 0. The molecule has 7 nitrogen and oxygen atoms in total. The average molecular weight is 261 g/mol. The number of nitriles is 1. The summed E-state index contributed by atoms with van der Waals surface area (Å²) in [4.78, 5) is 15.1. The molecule has 0 unspecified atom stereocenters. The third-order valence-electron chi connectivity index (χ3n) is 2.36. The van der Waals surface area contributed by atoms with Crippen molar-refractivity contribution in [3.8, 4) is 11.8 Å². The SMILES string of the molecule is COC(=O)c1cc(-n2cnc(C#N)n2)c(F)cc1N. The number of hydrogen-bond acceptors (Lipinski definition) is 6. The van der Waals surface area contributed by atoms with Crippen LogP contribution in [0.2, 0.25) is 0 Å². The predicted octanol–water partition coefficient (Wildman–Crippen LogP) is 0.647. The second kappa shape index (κ2) is 4.73. The number of aromatic nitrogens is 3. The standard InChI is InChI=1S/C11H8FN5O2/c1-19-11(18)6-2-9(7(12)3-8(6)14)17-5-15-10(4-13)16-17/h2-3,5H,14H2,1H3. The Labute approximate surface area is 107 Å². The summed E-state index contributed by atoms with van der Waals surface area (Å²) < 4.78 is 19.4. The maximum atomic E-state index is 13.8. The van der Waals surface area contributed by atoms with Gasteiger partial charge in [-0.15, -0.1) is 5.10 Å². The molecule has 0 aliphatic heterocycles. The molecule has 1 aromatic carbocycles. The highest BCUT2D eigenvalue weighted by molar-refractivity contribution is 5.95. The number of carbonyl (C=O) groups excluding carboxylic acids is 1. The molecular formula is C11H8FN5O2. The molecule has 0 fully saturated rings. The van der Waals surface area contributed by atoms with Gasteiger partial charge in [-0.25, -0.2) is 18.9 Å². The molecule has 0 radical (unpaired) electrons. The van der Waals surface area contributed by atoms with E-state index in [1.807, 2.05) is 0 Å². The summed E-state index contributed by atoms with van der Waals surface area (Å²) in [5, 5.41) is 12.3. The van der Waals surface area contributed by atoms with Gasteiger partial charge in [0, 0.05) is 5.69 Å². The summed E-state index contributed by atoms with van der Waals surface area (Å²) >= 11 is 0. The third-order valence-corrected chi connectivity index (χ3v) is 2.36. The van der Waals surface area contributed by atoms with Crippen LogP contribution in [0.4, 0.5) is 10.1 Å². The number of ether oxygens (including phenoxy) is 1. The second-order valence-electron chi connectivity index (χ2n) is 3.51. The van der Waals surface area contributed by atoms with Crippen LogP contribution < -0.4 is 5.73 Å². The lowest BCUT2D eigenvalue weighted by Gasteiger charge is -2.08. The van der Waals surface area contributed by atoms with E-state index in [4.69, 9.17) is 11.0 Å². The first kappa shape index (κ1) is 12.5. The van der Waals surface area contributed by atoms with Gasteiger partial charge in [-0.2, -0.15) is 5.26 Å². The fourth-order valence-electron chi connectivity index (χ4n) is 1.47. The summed E-state index contributed by atoms with van der Waals surface area (Å²) in [6, 6.07) is 3.88. The van der Waals surface area contributed by atoms with Gasteiger partial charge < -0.3 is 10.5 Å². The molecular weight excluding hydrogens is 253 g/mol. The van der Waals surface area contributed by atoms with Crippen molar-refractivity contribution in [3.63, 3.8) is 0 Å². The van der Waals surface area contributed by atoms with E-state index in [9.17, 15) is 9.18 Å². The van der Waals surface area contributed by atoms with E-state index in [2.05, 4.69) is 14.8 Å². The van der Waals surface area contributed by atoms with Gasteiger partial charge in [0.05, 0.1) is 12.7 Å². The van der Waals surface area contributed by atoms with Gasteiger partial charge in [0.15, 0.2) is 5.82 Å². The van der Waals surface area contributed by atoms with Gasteiger partial charge in [0.2, 0.25) is 0 Å². The van der Waals surface area contributed by atoms with E-state index in [0.29, 0.717) is 0 Å². The highest BCUT2D eigenvalue weighted by Crippen LogP contribution is 2.21. The normalized spacial score (nSPS) is 9.95. The largest absolute Gasteiger partial charge is 0.465 e. The van der Waals surface area contributed by atoms with E-state index in [1.54, 1.807) is 6.07 Å². The zero-order valence-electron chi connectivity index (χ0n) is 9.79. The molecule has 8 heteroatoms. The Morgan fingerprint density at radius 1 is 1.58 bits per heavy atom. The van der Waals surface area contributed by atoms with Crippen LogP contribution in [0, 0.1) is 17.1 Å². The molecule has 2 aromatic rings. The molecule has 2 N–H and O–H groups in total. The molecule has 0 bridgehead atoms. The quantitative estimate of drug-likeness (QED) is 0.628. The Morgan fingerprint density at radius 3 is 2.89 bits per heavy atom. The highest BCUT2D eigenvalue weighted by Gasteiger charge is 2.16. The number of esters is 1. The van der Waals surface area contributed by atoms with Crippen molar-refractivity contribution in [2.75, 3.05) is 12.8 Å². The number of methoxy groups -OCH3 is 1. The Kier molecular flexibility index (Phi) is 3.12. The number of nitrogens with two attached hydrogens (primary N) is 1. The number of halogens is 1. The summed E-state index contributed by atoms with van der Waals surface area (Å²) in [5.41, 5.74) is 5.45. The minimum atomic E-state index is -0.695. The summed E-state index contributed by atoms with van der Waals surface area (Å²) in [6.07, 6.45) is 1.16. The van der Waals surface area contributed by atoms with Gasteiger partial charge >= 0.3 is 5.97 Å². The molecule has 0 aliphatic rings. The molecule has 0 saturated heterocycles. The van der Waals surface area contributed by atoms with Gasteiger partial charge in [-0.3, -0.25) is 0 Å². The van der Waals surface area contributed by atoms with Crippen molar-refractivity contribution in [3.05, 3.63) is 35.7 Å². The molecule has 0 saturated carbocycles. The molecule has 0 aliphatic carbocycles. The number of benzene rings is 1. The topological polar surface area (TPSA) is 107 Å². The van der Waals surface area contributed by atoms with Crippen molar-refractivity contribution in [1.82, 2.24) is 14.8 Å². The van der Waals surface area contributed by atoms with E-state index in [-0.39, 0.29) is 22.8 Å². The zero-order chi connectivity index (χ0) is 14.0. The first-order valence-electron chi connectivity index (χ1n) is 5.06. The number of hydrogen-bond donors (Lipinski definition) is 1. The lowest BCUT2D eigenvalue weighted by atomic mass is 10.1. The summed E-state index contributed by atoms with van der Waals surface area (Å²) in [7, 11) is 1.19. The number of carbonyl (C=O) groups is 1. The van der Waals surface area contributed by atoms with Crippen molar-refractivity contribution in [2.45, 2.75) is 0 Å². The van der Waals surface area contributed by atoms with Crippen LogP contribution in [-0.2, 0) is 4.74 Å². The van der Waals surface area contributed by atoms with Crippen molar-refractivity contribution in [2.24, 2.45) is 0 Å². The molecule has 0 spiro atoms. The monoisotopic (exact) mass is 261 g/mol. The van der Waals surface area contributed by atoms with E-state index < -0.39 is 11.8 Å². The number of anilines is 1. The van der Waals surface area contributed by atoms with Crippen LogP contribution in [0.5, 0.6) is 0 Å². The molecule has 0 amide bonds. The second-order valence-corrected chi connectivity index (χ2v) is 3.51. The molecule has 96 valence electrons. The predicted molar refractivity (Wildman–Crippen MR) is 61.8 cm³/mol. The first-order valence-corrected chi connectivity index (χ1v) is 5.06. The fourth-order valence-corrected chi connectivity index (χ4v) is 1.47. The van der Waals surface area contributed by atoms with Crippen molar-refractivity contribution in [1.29, 1.82) is 5.26 Å². The van der Waals surface area contributed by atoms with E-state index >= 15 is 0 Å². The van der Waals surface area contributed by atoms with Gasteiger partial charge in [-0.1, -0.05) is 0 Å². The van der Waals surface area contributed by atoms with Crippen LogP contribution in [0.25, 0.3) is 5.69 Å². The fraction of sp³-hybridized carbons (Fsp3) is 0.0909. The maximum Gasteiger partial charge on any atom is 0.340 e. The molecule has 1 aromatic heterocycles. The van der Waals surface area contributed by atoms with Crippen LogP contribution >= 0.6 is 0 Å². The number of rotatable bonds is 2. The van der Waals surface area contributed by atoms with Gasteiger partial charge in [0.1, 0.15) is 18.1 Å². The number of nitrogens with zero attached hydrogens (tertiary/aromatic N) is 4. The van der Waals surface area contributed by atoms with Crippen LogP contribution in [-0.4, -0.2) is 27.8 Å². The third kappa shape index (κ3) is 2.21. The van der Waals surface area contributed by atoms with Crippen molar-refractivity contribution < 1.29 is 13.9 Å². The Hall–Kier alpha value is -2.95. The van der Waals surface area contributed by atoms with E-state index in [1.165, 1.54) is 13.2 Å². The smallest absolute Gasteiger partial charge is 0.340 e. The lowest BCUT2D eigenvalue weighted by Crippen LogP contribution is -2.09. The van der Waals surface area contributed by atoms with Crippen molar-refractivity contribution >= 4 is 11.7 Å². The van der Waals surface area contributed by atoms with Gasteiger partial charge in [-0.05, 0) is 12.1 Å². The van der Waals surface area contributed by atoms with Crippen LogP contribution in [0.1, 0.15) is 16.2 Å². The average Bonchev–Trinajstić information content (AvgIpc) is 2.86. The summed E-state index contributed by atoms with van der Waals surface area (Å²) in [5.74, 6) is -1.50. The van der Waals surface area contributed by atoms with Crippen LogP contribution in [0.15, 0.2) is 18.5 Å².